The van der Waals surface area contributed by atoms with Gasteiger partial charge in [0.1, 0.15) is 16.8 Å². The lowest BCUT2D eigenvalue weighted by molar-refractivity contribution is 0.0851. The molecule has 2 fully saturated rings. The third-order valence-electron chi connectivity index (χ3n) is 5.99. The number of pyridine rings is 2. The molecule has 1 amide bonds. The number of amides is 1. The highest BCUT2D eigenvalue weighted by Crippen LogP contribution is 2.17. The molecular formula is C22H25N5O4. The number of nitrogens with zero attached hydrogens (tertiary/aromatic N) is 3. The normalized spacial score (nSPS) is 21.2. The van der Waals surface area contributed by atoms with Crippen LogP contribution in [0, 0.1) is 5.41 Å². The minimum absolute atomic E-state index is 0.00571. The van der Waals surface area contributed by atoms with Crippen molar-refractivity contribution >= 4 is 22.6 Å². The second kappa shape index (κ2) is 8.24. The third-order valence-corrected chi connectivity index (χ3v) is 5.99. The molecule has 5 heterocycles. The van der Waals surface area contributed by atoms with Gasteiger partial charge in [-0.25, -0.2) is 4.98 Å². The van der Waals surface area contributed by atoms with E-state index in [4.69, 9.17) is 14.9 Å². The van der Waals surface area contributed by atoms with Gasteiger partial charge in [0, 0.05) is 26.0 Å². The summed E-state index contributed by atoms with van der Waals surface area (Å²) in [7, 11) is 0. The molecule has 0 bridgehead atoms. The van der Waals surface area contributed by atoms with Gasteiger partial charge >= 0.3 is 0 Å². The zero-order chi connectivity index (χ0) is 21.4. The summed E-state index contributed by atoms with van der Waals surface area (Å²) >= 11 is 0. The molecule has 5 rings (SSSR count). The average molecular weight is 423 g/mol. The van der Waals surface area contributed by atoms with Crippen LogP contribution < -0.4 is 16.4 Å². The fraction of sp³-hybridized carbons (Fsp3) is 0.455. The molecule has 9 nitrogen and oxygen atoms in total. The summed E-state index contributed by atoms with van der Waals surface area (Å²) in [5, 5.41) is 11.9. The summed E-state index contributed by atoms with van der Waals surface area (Å²) in [4.78, 5) is 30.8. The zero-order valence-electron chi connectivity index (χ0n) is 17.2. The van der Waals surface area contributed by atoms with E-state index in [2.05, 4.69) is 10.3 Å². The molecular weight excluding hydrogens is 398 g/mol. The van der Waals surface area contributed by atoms with Crippen LogP contribution in [0.5, 0.6) is 0 Å². The maximum atomic E-state index is 13.2. The Morgan fingerprint density at radius 1 is 1.19 bits per heavy atom. The van der Waals surface area contributed by atoms with Crippen molar-refractivity contribution in [3.05, 3.63) is 51.9 Å². The van der Waals surface area contributed by atoms with Crippen LogP contribution in [-0.2, 0) is 16.0 Å². The maximum absolute atomic E-state index is 13.2. The van der Waals surface area contributed by atoms with Crippen LogP contribution in [0.4, 0.5) is 0 Å². The Balaban J connectivity index is 1.62. The SMILES string of the molecule is N=c1c(C(=O)NC[C@@H]2CCCO2)cc2c(=O)n3ccccc3nc2n1C[C@H]1CCCO1. The van der Waals surface area contributed by atoms with Crippen LogP contribution in [0.3, 0.4) is 0 Å². The van der Waals surface area contributed by atoms with E-state index in [9.17, 15) is 9.59 Å². The number of carbonyl (C=O) groups excluding carboxylic acids is 1. The smallest absolute Gasteiger partial charge is 0.267 e. The number of rotatable bonds is 5. The Labute approximate surface area is 178 Å². The summed E-state index contributed by atoms with van der Waals surface area (Å²) in [6.07, 6.45) is 5.29. The van der Waals surface area contributed by atoms with Gasteiger partial charge in [0.15, 0.2) is 0 Å². The van der Waals surface area contributed by atoms with E-state index in [0.717, 1.165) is 25.7 Å². The van der Waals surface area contributed by atoms with E-state index < -0.39 is 0 Å². The van der Waals surface area contributed by atoms with Gasteiger partial charge in [0.05, 0.1) is 29.7 Å². The third kappa shape index (κ3) is 3.75. The standard InChI is InChI=1S/C22H25N5O4/c23-19-16(21(28)24-12-14-5-3-9-30-14)11-17-20(27(19)13-15-6-4-10-31-15)25-18-7-1-2-8-26(18)22(17)29/h1-2,7-8,11,14-15,23H,3-6,9-10,12-13H2,(H,24,28)/t14-,15+/m0/s1. The number of aromatic nitrogens is 3. The van der Waals surface area contributed by atoms with Crippen molar-refractivity contribution < 1.29 is 14.3 Å². The summed E-state index contributed by atoms with van der Waals surface area (Å²) in [5.41, 5.74) is 0.802. The zero-order valence-corrected chi connectivity index (χ0v) is 17.2. The molecule has 0 unspecified atom stereocenters. The number of nitrogens with one attached hydrogen (secondary N) is 2. The van der Waals surface area contributed by atoms with Crippen molar-refractivity contribution in [3.63, 3.8) is 0 Å². The topological polar surface area (TPSA) is 111 Å². The lowest BCUT2D eigenvalue weighted by Gasteiger charge is -2.18. The van der Waals surface area contributed by atoms with Gasteiger partial charge in [-0.15, -0.1) is 0 Å². The number of hydrogen-bond donors (Lipinski definition) is 2. The molecule has 0 radical (unpaired) electrons. The molecule has 2 N–H and O–H groups in total. The Bertz CT molecular complexity index is 1250. The highest BCUT2D eigenvalue weighted by Gasteiger charge is 2.23. The summed E-state index contributed by atoms with van der Waals surface area (Å²) in [6, 6.07) is 6.81. The molecule has 162 valence electrons. The Morgan fingerprint density at radius 2 is 1.97 bits per heavy atom. The molecule has 2 atom stereocenters. The molecule has 31 heavy (non-hydrogen) atoms. The Hall–Kier alpha value is -3.04. The average Bonchev–Trinajstić information content (AvgIpc) is 3.48. The van der Waals surface area contributed by atoms with E-state index >= 15 is 0 Å². The fourth-order valence-corrected chi connectivity index (χ4v) is 4.34. The van der Waals surface area contributed by atoms with E-state index in [0.29, 0.717) is 43.0 Å². The van der Waals surface area contributed by atoms with Gasteiger partial charge < -0.3 is 19.4 Å². The number of ether oxygens (including phenoxy) is 2. The van der Waals surface area contributed by atoms with Crippen molar-refractivity contribution in [1.82, 2.24) is 19.3 Å². The van der Waals surface area contributed by atoms with Crippen LogP contribution in [0.1, 0.15) is 36.0 Å². The van der Waals surface area contributed by atoms with Crippen LogP contribution in [0.2, 0.25) is 0 Å². The predicted molar refractivity (Wildman–Crippen MR) is 113 cm³/mol. The van der Waals surface area contributed by atoms with Gasteiger partial charge in [0.25, 0.3) is 11.5 Å². The minimum atomic E-state index is -0.388. The summed E-state index contributed by atoms with van der Waals surface area (Å²) < 4.78 is 14.4. The Morgan fingerprint density at radius 3 is 2.71 bits per heavy atom. The van der Waals surface area contributed by atoms with Crippen molar-refractivity contribution in [2.75, 3.05) is 19.8 Å². The first-order valence-corrected chi connectivity index (χ1v) is 10.7. The van der Waals surface area contributed by atoms with Crippen LogP contribution in [0.15, 0.2) is 35.3 Å². The monoisotopic (exact) mass is 423 g/mol. The molecule has 0 aromatic carbocycles. The predicted octanol–water partition coefficient (Wildman–Crippen LogP) is 1.22. The molecule has 2 saturated heterocycles. The van der Waals surface area contributed by atoms with Crippen molar-refractivity contribution in [3.8, 4) is 0 Å². The molecule has 2 aliphatic rings. The quantitative estimate of drug-likeness (QED) is 0.600. The molecule has 0 spiro atoms. The number of carbonyl (C=O) groups is 1. The highest BCUT2D eigenvalue weighted by atomic mass is 16.5. The minimum Gasteiger partial charge on any atom is -0.376 e. The van der Waals surface area contributed by atoms with Crippen LogP contribution in [0.25, 0.3) is 16.7 Å². The van der Waals surface area contributed by atoms with Gasteiger partial charge in [-0.3, -0.25) is 19.4 Å². The van der Waals surface area contributed by atoms with Crippen molar-refractivity contribution in [2.45, 2.75) is 44.4 Å². The first kappa shape index (κ1) is 19.9. The first-order valence-electron chi connectivity index (χ1n) is 10.7. The van der Waals surface area contributed by atoms with E-state index in [-0.39, 0.29) is 34.7 Å². The van der Waals surface area contributed by atoms with E-state index in [1.807, 2.05) is 6.07 Å². The van der Waals surface area contributed by atoms with Crippen LogP contribution >= 0.6 is 0 Å². The van der Waals surface area contributed by atoms with Gasteiger partial charge in [-0.05, 0) is 43.9 Å². The molecule has 9 heteroatoms. The first-order chi connectivity index (χ1) is 15.1. The lowest BCUT2D eigenvalue weighted by atomic mass is 10.1. The molecule has 0 aliphatic carbocycles. The summed E-state index contributed by atoms with van der Waals surface area (Å²) in [5.74, 6) is -0.388. The maximum Gasteiger partial charge on any atom is 0.267 e. The molecule has 3 aromatic rings. The molecule has 2 aliphatic heterocycles. The van der Waals surface area contributed by atoms with E-state index in [1.54, 1.807) is 22.9 Å². The van der Waals surface area contributed by atoms with Crippen molar-refractivity contribution in [1.29, 1.82) is 5.41 Å². The lowest BCUT2D eigenvalue weighted by Crippen LogP contribution is -2.38. The largest absolute Gasteiger partial charge is 0.376 e. The van der Waals surface area contributed by atoms with E-state index in [1.165, 1.54) is 10.5 Å². The van der Waals surface area contributed by atoms with Gasteiger partial charge in [0.2, 0.25) is 0 Å². The fourth-order valence-electron chi connectivity index (χ4n) is 4.34. The number of hydrogen-bond acceptors (Lipinski definition) is 6. The second-order valence-corrected chi connectivity index (χ2v) is 8.08. The van der Waals surface area contributed by atoms with Crippen LogP contribution in [-0.4, -0.2) is 51.8 Å². The number of fused-ring (bicyclic) bond motifs is 2. The Kier molecular flexibility index (Phi) is 5.29. The molecule has 0 saturated carbocycles. The molecule has 3 aromatic heterocycles. The van der Waals surface area contributed by atoms with Gasteiger partial charge in [-0.1, -0.05) is 6.07 Å². The summed E-state index contributed by atoms with van der Waals surface area (Å²) in [6.45, 7) is 2.14. The second-order valence-electron chi connectivity index (χ2n) is 8.08. The van der Waals surface area contributed by atoms with Crippen molar-refractivity contribution in [2.24, 2.45) is 0 Å². The highest BCUT2D eigenvalue weighted by molar-refractivity contribution is 5.96. The van der Waals surface area contributed by atoms with Gasteiger partial charge in [-0.2, -0.15) is 0 Å².